The molecule has 0 unspecified atom stereocenters. The number of methoxy groups -OCH3 is 1. The third-order valence-corrected chi connectivity index (χ3v) is 2.02. The summed E-state index contributed by atoms with van der Waals surface area (Å²) >= 11 is 5.89. The minimum absolute atomic E-state index is 0.592. The molecular weight excluding hydrogens is 176 g/mol. The number of halogens is 1. The number of benzene rings is 1. The number of aromatic nitrogens is 2. The molecule has 0 saturated heterocycles. The summed E-state index contributed by atoms with van der Waals surface area (Å²) in [6.45, 7) is 0. The van der Waals surface area contributed by atoms with Crippen LogP contribution in [0.3, 0.4) is 0 Å². The van der Waals surface area contributed by atoms with Gasteiger partial charge in [-0.2, -0.15) is 5.10 Å². The summed E-state index contributed by atoms with van der Waals surface area (Å²) in [5.74, 6) is 0.645. The van der Waals surface area contributed by atoms with E-state index in [4.69, 9.17) is 16.3 Å². The zero-order valence-corrected chi connectivity index (χ0v) is 7.22. The van der Waals surface area contributed by atoms with Gasteiger partial charge in [0, 0.05) is 5.39 Å². The standard InChI is InChI=1S/C8H7ClN2O/c1-12-8-6(9)3-2-5-4-10-11-7(5)8/h2-4H,1H3,(H,10,11). The normalized spacial score (nSPS) is 10.5. The molecule has 1 aromatic carbocycles. The van der Waals surface area contributed by atoms with Crippen LogP contribution in [0.5, 0.6) is 5.75 Å². The Bertz CT molecular complexity index is 410. The molecule has 1 aromatic heterocycles. The number of rotatable bonds is 1. The average molecular weight is 183 g/mol. The van der Waals surface area contributed by atoms with Gasteiger partial charge in [0.15, 0.2) is 5.75 Å². The van der Waals surface area contributed by atoms with Crippen LogP contribution >= 0.6 is 11.6 Å². The molecule has 0 fully saturated rings. The number of ether oxygens (including phenoxy) is 1. The van der Waals surface area contributed by atoms with Crippen molar-refractivity contribution in [2.45, 2.75) is 0 Å². The van der Waals surface area contributed by atoms with E-state index in [0.29, 0.717) is 10.8 Å². The molecule has 0 bridgehead atoms. The van der Waals surface area contributed by atoms with Crippen molar-refractivity contribution in [2.75, 3.05) is 7.11 Å². The Morgan fingerprint density at radius 1 is 1.50 bits per heavy atom. The second-order valence-corrected chi connectivity index (χ2v) is 2.82. The minimum atomic E-state index is 0.592. The van der Waals surface area contributed by atoms with Crippen LogP contribution in [-0.4, -0.2) is 17.3 Å². The largest absolute Gasteiger partial charge is 0.493 e. The molecule has 1 N–H and O–H groups in total. The van der Waals surface area contributed by atoms with Crippen molar-refractivity contribution >= 4 is 22.5 Å². The molecule has 0 spiro atoms. The first kappa shape index (κ1) is 7.43. The number of hydrogen-bond donors (Lipinski definition) is 1. The molecule has 0 aliphatic heterocycles. The molecule has 3 nitrogen and oxygen atoms in total. The summed E-state index contributed by atoms with van der Waals surface area (Å²) in [7, 11) is 1.58. The Balaban J connectivity index is 2.83. The molecule has 12 heavy (non-hydrogen) atoms. The second-order valence-electron chi connectivity index (χ2n) is 2.41. The lowest BCUT2D eigenvalue weighted by Gasteiger charge is -2.02. The first-order valence-electron chi connectivity index (χ1n) is 3.48. The van der Waals surface area contributed by atoms with Crippen LogP contribution in [0.25, 0.3) is 10.9 Å². The van der Waals surface area contributed by atoms with Gasteiger partial charge in [0.25, 0.3) is 0 Å². The smallest absolute Gasteiger partial charge is 0.163 e. The number of hydrogen-bond acceptors (Lipinski definition) is 2. The summed E-state index contributed by atoms with van der Waals surface area (Å²) in [5.41, 5.74) is 0.838. The number of H-pyrrole nitrogens is 1. The first-order valence-corrected chi connectivity index (χ1v) is 3.86. The fraction of sp³-hybridized carbons (Fsp3) is 0.125. The minimum Gasteiger partial charge on any atom is -0.493 e. The number of fused-ring (bicyclic) bond motifs is 1. The monoisotopic (exact) mass is 182 g/mol. The van der Waals surface area contributed by atoms with Crippen LogP contribution in [0.15, 0.2) is 18.3 Å². The van der Waals surface area contributed by atoms with Gasteiger partial charge >= 0.3 is 0 Å². The average Bonchev–Trinajstić information content (AvgIpc) is 2.52. The summed E-state index contributed by atoms with van der Waals surface area (Å²) in [6.07, 6.45) is 1.73. The van der Waals surface area contributed by atoms with E-state index in [1.54, 1.807) is 19.4 Å². The van der Waals surface area contributed by atoms with Crippen LogP contribution in [0.4, 0.5) is 0 Å². The third-order valence-electron chi connectivity index (χ3n) is 1.73. The van der Waals surface area contributed by atoms with Crippen LogP contribution in [-0.2, 0) is 0 Å². The Morgan fingerprint density at radius 2 is 2.33 bits per heavy atom. The molecule has 2 aromatic rings. The Morgan fingerprint density at radius 3 is 3.08 bits per heavy atom. The molecule has 1 heterocycles. The predicted octanol–water partition coefficient (Wildman–Crippen LogP) is 2.22. The van der Waals surface area contributed by atoms with Gasteiger partial charge < -0.3 is 4.74 Å². The number of aromatic amines is 1. The summed E-state index contributed by atoms with van der Waals surface area (Å²) in [5, 5.41) is 8.30. The Labute approximate surface area is 74.3 Å². The summed E-state index contributed by atoms with van der Waals surface area (Å²) in [4.78, 5) is 0. The van der Waals surface area contributed by atoms with E-state index in [-0.39, 0.29) is 0 Å². The summed E-state index contributed by atoms with van der Waals surface area (Å²) < 4.78 is 5.11. The van der Waals surface area contributed by atoms with Gasteiger partial charge in [0.1, 0.15) is 5.52 Å². The molecule has 0 atom stereocenters. The van der Waals surface area contributed by atoms with Gasteiger partial charge in [0.05, 0.1) is 18.3 Å². The Hall–Kier alpha value is -1.22. The van der Waals surface area contributed by atoms with Crippen molar-refractivity contribution in [3.63, 3.8) is 0 Å². The van der Waals surface area contributed by atoms with Crippen molar-refractivity contribution in [3.8, 4) is 5.75 Å². The highest BCUT2D eigenvalue weighted by atomic mass is 35.5. The van der Waals surface area contributed by atoms with Crippen LogP contribution < -0.4 is 4.74 Å². The quantitative estimate of drug-likeness (QED) is 0.735. The maximum atomic E-state index is 5.89. The topological polar surface area (TPSA) is 37.9 Å². The fourth-order valence-electron chi connectivity index (χ4n) is 1.16. The third kappa shape index (κ3) is 0.940. The first-order chi connectivity index (χ1) is 5.83. The second kappa shape index (κ2) is 2.68. The fourth-order valence-corrected chi connectivity index (χ4v) is 1.40. The number of nitrogens with one attached hydrogen (secondary N) is 1. The molecule has 0 amide bonds. The van der Waals surface area contributed by atoms with Gasteiger partial charge in [-0.1, -0.05) is 11.6 Å². The highest BCUT2D eigenvalue weighted by Crippen LogP contribution is 2.31. The predicted molar refractivity (Wildman–Crippen MR) is 47.7 cm³/mol. The van der Waals surface area contributed by atoms with Crippen LogP contribution in [0.2, 0.25) is 5.02 Å². The van der Waals surface area contributed by atoms with Crippen molar-refractivity contribution in [2.24, 2.45) is 0 Å². The van der Waals surface area contributed by atoms with E-state index in [1.165, 1.54) is 0 Å². The molecule has 0 radical (unpaired) electrons. The van der Waals surface area contributed by atoms with Crippen molar-refractivity contribution < 1.29 is 4.74 Å². The molecule has 0 aliphatic carbocycles. The highest BCUT2D eigenvalue weighted by molar-refractivity contribution is 6.33. The van der Waals surface area contributed by atoms with Crippen LogP contribution in [0.1, 0.15) is 0 Å². The van der Waals surface area contributed by atoms with Gasteiger partial charge in [-0.25, -0.2) is 0 Å². The molecule has 2 rings (SSSR count). The zero-order chi connectivity index (χ0) is 8.55. The van der Waals surface area contributed by atoms with Gasteiger partial charge in [-0.15, -0.1) is 0 Å². The van der Waals surface area contributed by atoms with Crippen molar-refractivity contribution in [1.29, 1.82) is 0 Å². The Kier molecular flexibility index (Phi) is 1.66. The molecule has 0 aliphatic rings. The van der Waals surface area contributed by atoms with E-state index < -0.39 is 0 Å². The summed E-state index contributed by atoms with van der Waals surface area (Å²) in [6, 6.07) is 3.68. The van der Waals surface area contributed by atoms with E-state index in [9.17, 15) is 0 Å². The SMILES string of the molecule is COc1c(Cl)ccc2cn[nH]c12. The van der Waals surface area contributed by atoms with E-state index >= 15 is 0 Å². The van der Waals surface area contributed by atoms with Gasteiger partial charge in [-0.3, -0.25) is 5.10 Å². The highest BCUT2D eigenvalue weighted by Gasteiger charge is 2.06. The number of nitrogens with zero attached hydrogens (tertiary/aromatic N) is 1. The van der Waals surface area contributed by atoms with E-state index in [0.717, 1.165) is 10.9 Å². The maximum Gasteiger partial charge on any atom is 0.163 e. The lowest BCUT2D eigenvalue weighted by molar-refractivity contribution is 0.419. The van der Waals surface area contributed by atoms with Gasteiger partial charge in [0.2, 0.25) is 0 Å². The van der Waals surface area contributed by atoms with Crippen LogP contribution in [0, 0.1) is 0 Å². The zero-order valence-electron chi connectivity index (χ0n) is 6.47. The maximum absolute atomic E-state index is 5.89. The molecule has 4 heteroatoms. The van der Waals surface area contributed by atoms with Crippen molar-refractivity contribution in [3.05, 3.63) is 23.4 Å². The molecule has 0 saturated carbocycles. The van der Waals surface area contributed by atoms with E-state index in [2.05, 4.69) is 10.2 Å². The molecule has 62 valence electrons. The lowest BCUT2D eigenvalue weighted by Crippen LogP contribution is -1.85. The lowest BCUT2D eigenvalue weighted by atomic mass is 10.2. The molecular formula is C8H7ClN2O. The van der Waals surface area contributed by atoms with Gasteiger partial charge in [-0.05, 0) is 12.1 Å². The van der Waals surface area contributed by atoms with E-state index in [1.807, 2.05) is 6.07 Å². The van der Waals surface area contributed by atoms with Crippen molar-refractivity contribution in [1.82, 2.24) is 10.2 Å².